The minimum atomic E-state index is -0.730. The van der Waals surface area contributed by atoms with Crippen LogP contribution in [0.4, 0.5) is 11.5 Å². The molecule has 0 atom stereocenters. The highest BCUT2D eigenvalue weighted by Crippen LogP contribution is 2.27. The maximum Gasteiger partial charge on any atom is 0.245 e. The van der Waals surface area contributed by atoms with Gasteiger partial charge in [0.15, 0.2) is 0 Å². The monoisotopic (exact) mass is 453 g/mol. The highest BCUT2D eigenvalue weighted by Gasteiger charge is 2.35. The van der Waals surface area contributed by atoms with Crippen LogP contribution in [0.5, 0.6) is 0 Å². The molecule has 1 saturated carbocycles. The number of carbonyl (C=O) groups is 1. The second-order valence-corrected chi connectivity index (χ2v) is 7.75. The van der Waals surface area contributed by atoms with Gasteiger partial charge in [-0.15, -0.1) is 37.2 Å². The number of nitrogens with one attached hydrogen (secondary N) is 1. The molecule has 1 amide bonds. The molecule has 1 aromatic rings. The van der Waals surface area contributed by atoms with E-state index in [2.05, 4.69) is 34.2 Å². The van der Waals surface area contributed by atoms with E-state index in [0.29, 0.717) is 11.9 Å². The molecule has 9 heteroatoms. The standard InChI is InChI=1S/C19H31N5O.3ClH/c1-23(2)15-8-12-24(13-9-15)16-6-7-17(21-14-16)22-18(25)19(20)10-4-3-5-11-19;;;/h6-7,14-15H,3-5,8-13,20H2,1-2H3,(H,21,22,25);3*1H. The SMILES string of the molecule is CN(C)C1CCN(c2ccc(NC(=O)C3(N)CCCCC3)nc2)CC1.Cl.Cl.Cl. The highest BCUT2D eigenvalue weighted by molar-refractivity contribution is 5.97. The van der Waals surface area contributed by atoms with Crippen molar-refractivity contribution in [3.63, 3.8) is 0 Å². The fourth-order valence-electron chi connectivity index (χ4n) is 3.94. The fourth-order valence-corrected chi connectivity index (χ4v) is 3.94. The zero-order valence-electron chi connectivity index (χ0n) is 16.7. The summed E-state index contributed by atoms with van der Waals surface area (Å²) in [5.41, 5.74) is 6.67. The molecule has 1 saturated heterocycles. The Morgan fingerprint density at radius 3 is 2.25 bits per heavy atom. The van der Waals surface area contributed by atoms with E-state index in [-0.39, 0.29) is 43.1 Å². The van der Waals surface area contributed by atoms with Gasteiger partial charge in [0.1, 0.15) is 5.82 Å². The normalized spacial score (nSPS) is 19.1. The van der Waals surface area contributed by atoms with Gasteiger partial charge in [-0.3, -0.25) is 4.79 Å². The molecule has 0 bridgehead atoms. The topological polar surface area (TPSA) is 74.5 Å². The van der Waals surface area contributed by atoms with Crippen molar-refractivity contribution in [1.29, 1.82) is 0 Å². The van der Waals surface area contributed by atoms with Gasteiger partial charge in [-0.2, -0.15) is 0 Å². The number of aromatic nitrogens is 1. The van der Waals surface area contributed by atoms with Crippen LogP contribution < -0.4 is 16.0 Å². The number of nitrogens with two attached hydrogens (primary N) is 1. The molecule has 1 aromatic heterocycles. The second kappa shape index (κ2) is 12.0. The largest absolute Gasteiger partial charge is 0.370 e. The molecule has 0 spiro atoms. The Morgan fingerprint density at radius 2 is 1.75 bits per heavy atom. The molecule has 28 heavy (non-hydrogen) atoms. The van der Waals surface area contributed by atoms with Crippen LogP contribution in [0.3, 0.4) is 0 Å². The van der Waals surface area contributed by atoms with Gasteiger partial charge < -0.3 is 20.9 Å². The Hall–Kier alpha value is -0.790. The summed E-state index contributed by atoms with van der Waals surface area (Å²) in [4.78, 5) is 21.6. The zero-order valence-corrected chi connectivity index (χ0v) is 19.2. The molecular formula is C19H34Cl3N5O. The van der Waals surface area contributed by atoms with Crippen molar-refractivity contribution in [3.8, 4) is 0 Å². The van der Waals surface area contributed by atoms with Crippen LogP contribution in [0.25, 0.3) is 0 Å². The van der Waals surface area contributed by atoms with E-state index in [0.717, 1.165) is 44.5 Å². The first-order valence-electron chi connectivity index (χ1n) is 9.46. The first-order valence-corrected chi connectivity index (χ1v) is 9.46. The molecule has 2 aliphatic rings. The molecule has 0 aromatic carbocycles. The lowest BCUT2D eigenvalue weighted by molar-refractivity contribution is -0.122. The number of rotatable bonds is 4. The molecule has 1 aliphatic carbocycles. The van der Waals surface area contributed by atoms with Crippen LogP contribution in [0.2, 0.25) is 0 Å². The number of nitrogens with zero attached hydrogens (tertiary/aromatic N) is 3. The Balaban J connectivity index is 0.00000243. The van der Waals surface area contributed by atoms with Crippen molar-refractivity contribution in [2.45, 2.75) is 56.5 Å². The molecule has 3 N–H and O–H groups in total. The molecule has 2 fully saturated rings. The van der Waals surface area contributed by atoms with Crippen molar-refractivity contribution in [3.05, 3.63) is 18.3 Å². The lowest BCUT2D eigenvalue weighted by atomic mass is 9.82. The number of hydrogen-bond acceptors (Lipinski definition) is 5. The van der Waals surface area contributed by atoms with Gasteiger partial charge in [-0.1, -0.05) is 19.3 Å². The average Bonchev–Trinajstić information content (AvgIpc) is 2.63. The predicted octanol–water partition coefficient (Wildman–Crippen LogP) is 3.48. The van der Waals surface area contributed by atoms with Crippen LogP contribution in [0.15, 0.2) is 18.3 Å². The number of piperidine rings is 1. The van der Waals surface area contributed by atoms with Gasteiger partial charge in [0.25, 0.3) is 0 Å². The van der Waals surface area contributed by atoms with E-state index in [1.807, 2.05) is 18.3 Å². The average molecular weight is 455 g/mol. The number of halogens is 3. The highest BCUT2D eigenvalue weighted by atomic mass is 35.5. The van der Waals surface area contributed by atoms with Gasteiger partial charge in [-0.25, -0.2) is 4.98 Å². The van der Waals surface area contributed by atoms with Crippen LogP contribution in [-0.4, -0.2) is 54.6 Å². The number of pyridine rings is 1. The van der Waals surface area contributed by atoms with Crippen LogP contribution in [-0.2, 0) is 4.79 Å². The molecular weight excluding hydrogens is 421 g/mol. The van der Waals surface area contributed by atoms with Crippen LogP contribution >= 0.6 is 37.2 Å². The van der Waals surface area contributed by atoms with E-state index in [9.17, 15) is 4.79 Å². The first-order chi connectivity index (χ1) is 12.0. The van der Waals surface area contributed by atoms with Gasteiger partial charge in [0.2, 0.25) is 5.91 Å². The molecule has 0 radical (unpaired) electrons. The summed E-state index contributed by atoms with van der Waals surface area (Å²) in [5.74, 6) is 0.492. The van der Waals surface area contributed by atoms with Crippen molar-refractivity contribution in [1.82, 2.24) is 9.88 Å². The summed E-state index contributed by atoms with van der Waals surface area (Å²) in [6.07, 6.45) is 8.94. The Labute approximate surface area is 187 Å². The Morgan fingerprint density at radius 1 is 1.14 bits per heavy atom. The van der Waals surface area contributed by atoms with Gasteiger partial charge >= 0.3 is 0 Å². The van der Waals surface area contributed by atoms with Crippen molar-refractivity contribution in [2.24, 2.45) is 5.73 Å². The van der Waals surface area contributed by atoms with Crippen molar-refractivity contribution in [2.75, 3.05) is 37.4 Å². The number of amides is 1. The molecule has 2 heterocycles. The summed E-state index contributed by atoms with van der Waals surface area (Å²) in [7, 11) is 4.30. The smallest absolute Gasteiger partial charge is 0.245 e. The molecule has 1 aliphatic heterocycles. The minimum Gasteiger partial charge on any atom is -0.370 e. The predicted molar refractivity (Wildman–Crippen MR) is 124 cm³/mol. The van der Waals surface area contributed by atoms with E-state index >= 15 is 0 Å². The van der Waals surface area contributed by atoms with E-state index in [1.54, 1.807) is 0 Å². The van der Waals surface area contributed by atoms with Gasteiger partial charge in [0.05, 0.1) is 17.4 Å². The minimum absolute atomic E-state index is 0. The number of carbonyl (C=O) groups excluding carboxylic acids is 1. The maximum atomic E-state index is 12.5. The van der Waals surface area contributed by atoms with Crippen LogP contribution in [0, 0.1) is 0 Å². The van der Waals surface area contributed by atoms with Crippen LogP contribution in [0.1, 0.15) is 44.9 Å². The van der Waals surface area contributed by atoms with E-state index in [4.69, 9.17) is 5.73 Å². The molecule has 6 nitrogen and oxygen atoms in total. The molecule has 162 valence electrons. The quantitative estimate of drug-likeness (QED) is 0.728. The molecule has 3 rings (SSSR count). The number of hydrogen-bond donors (Lipinski definition) is 2. The lowest BCUT2D eigenvalue weighted by Crippen LogP contribution is -2.52. The Kier molecular flexibility index (Phi) is 11.7. The summed E-state index contributed by atoms with van der Waals surface area (Å²) in [6, 6.07) is 4.60. The van der Waals surface area contributed by atoms with Gasteiger partial charge in [0, 0.05) is 19.1 Å². The molecule has 0 unspecified atom stereocenters. The summed E-state index contributed by atoms with van der Waals surface area (Å²) >= 11 is 0. The number of anilines is 2. The fraction of sp³-hybridized carbons (Fsp3) is 0.684. The van der Waals surface area contributed by atoms with E-state index < -0.39 is 5.54 Å². The summed E-state index contributed by atoms with van der Waals surface area (Å²) < 4.78 is 0. The maximum absolute atomic E-state index is 12.5. The first kappa shape index (κ1) is 27.2. The third-order valence-corrected chi connectivity index (χ3v) is 5.75. The van der Waals surface area contributed by atoms with Crippen molar-refractivity contribution >= 4 is 54.6 Å². The lowest BCUT2D eigenvalue weighted by Gasteiger charge is -2.36. The van der Waals surface area contributed by atoms with E-state index in [1.165, 1.54) is 19.3 Å². The third kappa shape index (κ3) is 6.63. The summed E-state index contributed by atoms with van der Waals surface area (Å²) in [6.45, 7) is 2.09. The Bertz CT molecular complexity index is 586. The third-order valence-electron chi connectivity index (χ3n) is 5.75. The summed E-state index contributed by atoms with van der Waals surface area (Å²) in [5, 5.41) is 2.90. The zero-order chi connectivity index (χ0) is 17.9. The van der Waals surface area contributed by atoms with Gasteiger partial charge in [-0.05, 0) is 51.9 Å². The second-order valence-electron chi connectivity index (χ2n) is 7.75. The van der Waals surface area contributed by atoms with Crippen molar-refractivity contribution < 1.29 is 4.79 Å².